The van der Waals surface area contributed by atoms with Gasteiger partial charge in [-0.15, -0.1) is 0 Å². The Morgan fingerprint density at radius 1 is 1.00 bits per heavy atom. The first-order chi connectivity index (χ1) is 16.7. The highest BCUT2D eigenvalue weighted by atomic mass is 19.1. The molecule has 5 nitrogen and oxygen atoms in total. The second-order valence-electron chi connectivity index (χ2n) is 9.15. The molecule has 0 bridgehead atoms. The van der Waals surface area contributed by atoms with Gasteiger partial charge in [0.1, 0.15) is 17.3 Å². The van der Waals surface area contributed by atoms with Crippen LogP contribution in [-0.2, 0) is 11.2 Å². The predicted octanol–water partition coefficient (Wildman–Crippen LogP) is 6.85. The molecule has 0 aliphatic carbocycles. The standard InChI is InChI=1S/C29H32FNO4/c1-19(2)16-27(22-13-15-26(30)20(3)17-22)31-29(34)25-18-24(35-23-9-5-4-6-10-23)14-12-21(25)8-7-11-28(32)33/h4-6,9-10,12-15,17-19,27H,7-8,11,16H2,1-3H3,(H,31,34)(H,32,33). The maximum Gasteiger partial charge on any atom is 0.303 e. The molecule has 2 N–H and O–H groups in total. The van der Waals surface area contributed by atoms with Gasteiger partial charge in [-0.25, -0.2) is 4.39 Å². The largest absolute Gasteiger partial charge is 0.481 e. The third-order valence-electron chi connectivity index (χ3n) is 5.74. The van der Waals surface area contributed by atoms with E-state index >= 15 is 0 Å². The number of carboxylic acid groups (broad SMARTS) is 1. The van der Waals surface area contributed by atoms with Crippen molar-refractivity contribution in [1.82, 2.24) is 5.32 Å². The molecule has 0 fully saturated rings. The number of aliphatic carboxylic acids is 1. The molecule has 35 heavy (non-hydrogen) atoms. The van der Waals surface area contributed by atoms with Crippen molar-refractivity contribution in [2.45, 2.75) is 52.5 Å². The van der Waals surface area contributed by atoms with E-state index in [2.05, 4.69) is 19.2 Å². The Labute approximate surface area is 206 Å². The molecule has 0 saturated carbocycles. The molecule has 0 saturated heterocycles. The average molecular weight is 478 g/mol. The molecule has 0 radical (unpaired) electrons. The first-order valence-electron chi connectivity index (χ1n) is 11.9. The monoisotopic (exact) mass is 477 g/mol. The van der Waals surface area contributed by atoms with Crippen molar-refractivity contribution in [3.05, 3.63) is 94.8 Å². The van der Waals surface area contributed by atoms with E-state index < -0.39 is 5.97 Å². The average Bonchev–Trinajstić information content (AvgIpc) is 2.81. The van der Waals surface area contributed by atoms with Crippen LogP contribution in [0, 0.1) is 18.7 Å². The summed E-state index contributed by atoms with van der Waals surface area (Å²) in [6, 6.07) is 19.2. The van der Waals surface area contributed by atoms with Crippen molar-refractivity contribution in [3.63, 3.8) is 0 Å². The van der Waals surface area contributed by atoms with Gasteiger partial charge in [-0.1, -0.05) is 50.2 Å². The minimum atomic E-state index is -0.872. The van der Waals surface area contributed by atoms with Crippen molar-refractivity contribution in [3.8, 4) is 11.5 Å². The topological polar surface area (TPSA) is 75.6 Å². The van der Waals surface area contributed by atoms with Crippen LogP contribution in [0.15, 0.2) is 66.7 Å². The minimum Gasteiger partial charge on any atom is -0.481 e. The van der Waals surface area contributed by atoms with Gasteiger partial charge in [0.2, 0.25) is 0 Å². The second-order valence-corrected chi connectivity index (χ2v) is 9.15. The summed E-state index contributed by atoms with van der Waals surface area (Å²) < 4.78 is 19.8. The predicted molar refractivity (Wildman–Crippen MR) is 134 cm³/mol. The number of carboxylic acids is 1. The molecular formula is C29H32FNO4. The van der Waals surface area contributed by atoms with E-state index in [9.17, 15) is 14.0 Å². The van der Waals surface area contributed by atoms with Gasteiger partial charge >= 0.3 is 5.97 Å². The smallest absolute Gasteiger partial charge is 0.303 e. The molecule has 184 valence electrons. The summed E-state index contributed by atoms with van der Waals surface area (Å²) in [6.45, 7) is 5.85. The number of hydrogen-bond acceptors (Lipinski definition) is 3. The highest BCUT2D eigenvalue weighted by Crippen LogP contribution is 2.28. The number of benzene rings is 3. The zero-order chi connectivity index (χ0) is 25.4. The van der Waals surface area contributed by atoms with E-state index in [4.69, 9.17) is 9.84 Å². The number of para-hydroxylation sites is 1. The SMILES string of the molecule is Cc1cc(C(CC(C)C)NC(=O)c2cc(Oc3ccccc3)ccc2CCCC(=O)O)ccc1F. The minimum absolute atomic E-state index is 0.0220. The number of aryl methyl sites for hydroxylation is 2. The third kappa shape index (κ3) is 7.67. The number of ether oxygens (including phenoxy) is 1. The molecule has 1 unspecified atom stereocenters. The Hall–Kier alpha value is -3.67. The lowest BCUT2D eigenvalue weighted by Gasteiger charge is -2.23. The van der Waals surface area contributed by atoms with Crippen LogP contribution in [-0.4, -0.2) is 17.0 Å². The molecule has 3 aromatic carbocycles. The van der Waals surface area contributed by atoms with Crippen LogP contribution in [0.2, 0.25) is 0 Å². The molecule has 3 rings (SSSR count). The fourth-order valence-corrected chi connectivity index (χ4v) is 3.97. The number of carbonyl (C=O) groups is 2. The number of hydrogen-bond donors (Lipinski definition) is 2. The van der Waals surface area contributed by atoms with E-state index in [0.29, 0.717) is 47.8 Å². The fraction of sp³-hybridized carbons (Fsp3) is 0.310. The molecule has 0 aliphatic rings. The van der Waals surface area contributed by atoms with Gasteiger partial charge in [-0.05, 0) is 79.1 Å². The summed E-state index contributed by atoms with van der Waals surface area (Å²) in [4.78, 5) is 24.5. The van der Waals surface area contributed by atoms with Crippen LogP contribution in [0.3, 0.4) is 0 Å². The molecular weight excluding hydrogens is 445 g/mol. The Morgan fingerprint density at radius 3 is 2.40 bits per heavy atom. The van der Waals surface area contributed by atoms with Crippen molar-refractivity contribution in [2.24, 2.45) is 5.92 Å². The summed E-state index contributed by atoms with van der Waals surface area (Å²) >= 11 is 0. The lowest BCUT2D eigenvalue weighted by molar-refractivity contribution is -0.137. The number of carbonyl (C=O) groups excluding carboxylic acids is 1. The van der Waals surface area contributed by atoms with Gasteiger partial charge in [-0.2, -0.15) is 0 Å². The Bertz CT molecular complexity index is 1160. The maximum atomic E-state index is 13.9. The fourth-order valence-electron chi connectivity index (χ4n) is 3.97. The summed E-state index contributed by atoms with van der Waals surface area (Å²) in [5.74, 6) is 0.0341. The van der Waals surface area contributed by atoms with Crippen LogP contribution >= 0.6 is 0 Å². The lowest BCUT2D eigenvalue weighted by atomic mass is 9.94. The van der Waals surface area contributed by atoms with Gasteiger partial charge in [0, 0.05) is 12.0 Å². The van der Waals surface area contributed by atoms with Crippen molar-refractivity contribution in [2.75, 3.05) is 0 Å². The lowest BCUT2D eigenvalue weighted by Crippen LogP contribution is -2.30. The van der Waals surface area contributed by atoms with E-state index in [0.717, 1.165) is 11.1 Å². The van der Waals surface area contributed by atoms with E-state index in [-0.39, 0.29) is 24.2 Å². The van der Waals surface area contributed by atoms with E-state index in [1.165, 1.54) is 6.07 Å². The van der Waals surface area contributed by atoms with Gasteiger partial charge < -0.3 is 15.2 Å². The number of halogens is 1. The van der Waals surface area contributed by atoms with Crippen LogP contribution in [0.5, 0.6) is 11.5 Å². The van der Waals surface area contributed by atoms with Crippen molar-refractivity contribution >= 4 is 11.9 Å². The number of rotatable bonds is 11. The first kappa shape index (κ1) is 25.9. The highest BCUT2D eigenvalue weighted by molar-refractivity contribution is 5.96. The third-order valence-corrected chi connectivity index (χ3v) is 5.74. The molecule has 0 heterocycles. The summed E-state index contributed by atoms with van der Waals surface area (Å²) in [7, 11) is 0. The zero-order valence-electron chi connectivity index (χ0n) is 20.4. The normalized spacial score (nSPS) is 11.8. The molecule has 0 aliphatic heterocycles. The second kappa shape index (κ2) is 12.2. The first-order valence-corrected chi connectivity index (χ1v) is 11.9. The van der Waals surface area contributed by atoms with Crippen LogP contribution in [0.25, 0.3) is 0 Å². The zero-order valence-corrected chi connectivity index (χ0v) is 20.4. The van der Waals surface area contributed by atoms with Crippen LogP contribution < -0.4 is 10.1 Å². The highest BCUT2D eigenvalue weighted by Gasteiger charge is 2.21. The molecule has 0 aromatic heterocycles. The van der Waals surface area contributed by atoms with Crippen molar-refractivity contribution < 1.29 is 23.8 Å². The summed E-state index contributed by atoms with van der Waals surface area (Å²) in [6.07, 6.45) is 1.58. The Kier molecular flexibility index (Phi) is 9.01. The van der Waals surface area contributed by atoms with Gasteiger partial charge in [-0.3, -0.25) is 9.59 Å². The number of amides is 1. The summed E-state index contributed by atoms with van der Waals surface area (Å²) in [5, 5.41) is 12.1. The molecule has 1 amide bonds. The molecule has 3 aromatic rings. The van der Waals surface area contributed by atoms with Crippen molar-refractivity contribution in [1.29, 1.82) is 0 Å². The van der Waals surface area contributed by atoms with E-state index in [1.807, 2.05) is 36.4 Å². The van der Waals surface area contributed by atoms with Gasteiger partial charge in [0.15, 0.2) is 0 Å². The molecule has 6 heteroatoms. The number of nitrogens with one attached hydrogen (secondary N) is 1. The molecule has 0 spiro atoms. The molecule has 1 atom stereocenters. The van der Waals surface area contributed by atoms with Gasteiger partial charge in [0.05, 0.1) is 6.04 Å². The Balaban J connectivity index is 1.90. The van der Waals surface area contributed by atoms with Crippen LogP contribution in [0.1, 0.15) is 66.2 Å². The Morgan fingerprint density at radius 2 is 1.74 bits per heavy atom. The van der Waals surface area contributed by atoms with Crippen LogP contribution in [0.4, 0.5) is 4.39 Å². The van der Waals surface area contributed by atoms with Gasteiger partial charge in [0.25, 0.3) is 5.91 Å². The maximum absolute atomic E-state index is 13.9. The summed E-state index contributed by atoms with van der Waals surface area (Å²) in [5.41, 5.74) is 2.56. The van der Waals surface area contributed by atoms with E-state index in [1.54, 1.807) is 31.2 Å². The quantitative estimate of drug-likeness (QED) is 0.317.